The highest BCUT2D eigenvalue weighted by Gasteiger charge is 2.32. The molecule has 7 heteroatoms. The van der Waals surface area contributed by atoms with E-state index >= 15 is 0 Å². The van der Waals surface area contributed by atoms with Gasteiger partial charge in [0.2, 0.25) is 5.91 Å². The Balaban J connectivity index is 4.73. The smallest absolute Gasteiger partial charge is 0.217 e. The van der Waals surface area contributed by atoms with Crippen LogP contribution in [0.5, 0.6) is 0 Å². The van der Waals surface area contributed by atoms with E-state index < -0.39 is 5.54 Å². The normalized spacial score (nSPS) is 13.5. The minimum Gasteiger partial charge on any atom is -0.379 e. The summed E-state index contributed by atoms with van der Waals surface area (Å²) in [5.41, 5.74) is -0.842. The molecule has 0 rings (SSSR count). The molecule has 0 aromatic rings. The molecule has 0 radical (unpaired) electrons. The summed E-state index contributed by atoms with van der Waals surface area (Å²) in [4.78, 5) is 33.7. The summed E-state index contributed by atoms with van der Waals surface area (Å²) in [5.74, 6) is -0.112. The molecule has 1 unspecified atom stereocenters. The van der Waals surface area contributed by atoms with Crippen molar-refractivity contribution in [1.29, 1.82) is 0 Å². The zero-order valence-corrected chi connectivity index (χ0v) is 16.0. The minimum atomic E-state index is -0.842. The topological polar surface area (TPSA) is 90.9 Å². The predicted molar refractivity (Wildman–Crippen MR) is 94.4 cm³/mol. The lowest BCUT2D eigenvalue weighted by Gasteiger charge is -2.33. The molecule has 0 aromatic heterocycles. The maximum absolute atomic E-state index is 11.7. The molecule has 25 heavy (non-hydrogen) atoms. The van der Waals surface area contributed by atoms with Gasteiger partial charge in [0.1, 0.15) is 17.6 Å². The highest BCUT2D eigenvalue weighted by Crippen LogP contribution is 2.10. The first-order valence-electron chi connectivity index (χ1n) is 8.85. The number of Topliss-reactive ketones (excluding diaryl/α,β-unsaturated/α-hetero) is 1. The van der Waals surface area contributed by atoms with Crippen molar-refractivity contribution in [3.63, 3.8) is 0 Å². The highest BCUT2D eigenvalue weighted by molar-refractivity contribution is 5.80. The monoisotopic (exact) mass is 359 g/mol. The zero-order valence-electron chi connectivity index (χ0n) is 16.0. The van der Waals surface area contributed by atoms with E-state index in [0.29, 0.717) is 13.0 Å². The Morgan fingerprint density at radius 2 is 1.60 bits per heavy atom. The van der Waals surface area contributed by atoms with Gasteiger partial charge < -0.3 is 24.3 Å². The van der Waals surface area contributed by atoms with Crippen LogP contribution < -0.4 is 5.32 Å². The van der Waals surface area contributed by atoms with E-state index in [-0.39, 0.29) is 57.1 Å². The number of rotatable bonds is 16. The molecule has 0 aliphatic heterocycles. The fourth-order valence-electron chi connectivity index (χ4n) is 2.15. The fourth-order valence-corrected chi connectivity index (χ4v) is 2.15. The third kappa shape index (κ3) is 11.8. The number of hydrogen-bond acceptors (Lipinski definition) is 6. The van der Waals surface area contributed by atoms with Crippen LogP contribution in [0, 0.1) is 5.92 Å². The molecule has 1 N–H and O–H groups in total. The first-order valence-corrected chi connectivity index (χ1v) is 8.85. The summed E-state index contributed by atoms with van der Waals surface area (Å²) in [6.45, 7) is 8.79. The third-order valence-electron chi connectivity index (χ3n) is 3.44. The summed E-state index contributed by atoms with van der Waals surface area (Å²) in [6.07, 6.45) is 2.25. The molecule has 0 aliphatic carbocycles. The molecular formula is C18H33NO6. The Morgan fingerprint density at radius 3 is 2.08 bits per heavy atom. The van der Waals surface area contributed by atoms with Crippen molar-refractivity contribution in [1.82, 2.24) is 5.32 Å². The average molecular weight is 359 g/mol. The summed E-state index contributed by atoms with van der Waals surface area (Å²) in [7, 11) is 0. The van der Waals surface area contributed by atoms with E-state index in [2.05, 4.69) is 5.32 Å². The number of nitrogens with one attached hydrogen (secondary N) is 1. The van der Waals surface area contributed by atoms with Gasteiger partial charge in [0.15, 0.2) is 0 Å². The van der Waals surface area contributed by atoms with Gasteiger partial charge in [0.05, 0.1) is 33.0 Å². The Bertz CT molecular complexity index is 399. The second-order valence-corrected chi connectivity index (χ2v) is 6.45. The van der Waals surface area contributed by atoms with Crippen molar-refractivity contribution in [2.45, 2.75) is 52.5 Å². The Labute approximate surface area is 150 Å². The van der Waals surface area contributed by atoms with Crippen molar-refractivity contribution in [3.8, 4) is 0 Å². The molecule has 0 saturated carbocycles. The van der Waals surface area contributed by atoms with E-state index in [1.54, 1.807) is 0 Å². The van der Waals surface area contributed by atoms with Crippen molar-refractivity contribution >= 4 is 18.0 Å². The number of ketones is 1. The zero-order chi connectivity index (χ0) is 19.1. The molecule has 0 bridgehead atoms. The SMILES string of the molecule is CCCOCC(COCCC=O)(COCCC(=O)C(C)C)NC(C)=O. The Morgan fingerprint density at radius 1 is 1.04 bits per heavy atom. The maximum Gasteiger partial charge on any atom is 0.217 e. The van der Waals surface area contributed by atoms with Crippen molar-refractivity contribution in [3.05, 3.63) is 0 Å². The van der Waals surface area contributed by atoms with Gasteiger partial charge >= 0.3 is 0 Å². The molecule has 1 amide bonds. The first kappa shape index (κ1) is 23.7. The predicted octanol–water partition coefficient (Wildman–Crippen LogP) is 1.53. The highest BCUT2D eigenvalue weighted by atomic mass is 16.5. The molecule has 0 spiro atoms. The Hall–Kier alpha value is -1.31. The molecule has 0 heterocycles. The van der Waals surface area contributed by atoms with Crippen molar-refractivity contribution in [2.75, 3.05) is 39.6 Å². The lowest BCUT2D eigenvalue weighted by Crippen LogP contribution is -2.58. The molecule has 0 aliphatic rings. The van der Waals surface area contributed by atoms with Crippen LogP contribution in [0.25, 0.3) is 0 Å². The molecule has 0 aromatic carbocycles. The van der Waals surface area contributed by atoms with Crippen LogP contribution in [0.2, 0.25) is 0 Å². The van der Waals surface area contributed by atoms with Crippen molar-refractivity contribution < 1.29 is 28.6 Å². The first-order chi connectivity index (χ1) is 11.9. The number of amides is 1. The molecule has 146 valence electrons. The van der Waals surface area contributed by atoms with E-state index in [1.165, 1.54) is 6.92 Å². The van der Waals surface area contributed by atoms with Crippen LogP contribution in [0.15, 0.2) is 0 Å². The maximum atomic E-state index is 11.7. The second kappa shape index (κ2) is 13.9. The van der Waals surface area contributed by atoms with Gasteiger partial charge in [-0.05, 0) is 6.42 Å². The van der Waals surface area contributed by atoms with E-state index in [0.717, 1.165) is 12.7 Å². The summed E-state index contributed by atoms with van der Waals surface area (Å²) in [6, 6.07) is 0. The van der Waals surface area contributed by atoms with Crippen LogP contribution in [0.3, 0.4) is 0 Å². The molecular weight excluding hydrogens is 326 g/mol. The number of aldehydes is 1. The lowest BCUT2D eigenvalue weighted by molar-refractivity contribution is -0.127. The van der Waals surface area contributed by atoms with Gasteiger partial charge in [-0.15, -0.1) is 0 Å². The van der Waals surface area contributed by atoms with E-state index in [4.69, 9.17) is 14.2 Å². The standard InChI is InChI=1S/C18H33NO6/c1-5-9-23-12-18(19-16(4)21,13-24-10-6-8-20)14-25-11-7-17(22)15(2)3/h8,15H,5-7,9-14H2,1-4H3,(H,19,21). The Kier molecular flexibility index (Phi) is 13.2. The van der Waals surface area contributed by atoms with Crippen LogP contribution in [0.4, 0.5) is 0 Å². The van der Waals surface area contributed by atoms with Gasteiger partial charge in [0, 0.05) is 32.3 Å². The van der Waals surface area contributed by atoms with Gasteiger partial charge in [-0.2, -0.15) is 0 Å². The number of carbonyl (C=O) groups is 3. The summed E-state index contributed by atoms with van der Waals surface area (Å²) >= 11 is 0. The fraction of sp³-hybridized carbons (Fsp3) is 0.833. The average Bonchev–Trinajstić information content (AvgIpc) is 2.55. The number of hydrogen-bond donors (Lipinski definition) is 1. The lowest BCUT2D eigenvalue weighted by atomic mass is 10.0. The third-order valence-corrected chi connectivity index (χ3v) is 3.44. The van der Waals surface area contributed by atoms with Gasteiger partial charge in [-0.3, -0.25) is 9.59 Å². The van der Waals surface area contributed by atoms with Gasteiger partial charge in [-0.25, -0.2) is 0 Å². The second-order valence-electron chi connectivity index (χ2n) is 6.45. The van der Waals surface area contributed by atoms with Gasteiger partial charge in [0.25, 0.3) is 0 Å². The van der Waals surface area contributed by atoms with Crippen LogP contribution >= 0.6 is 0 Å². The molecule has 0 saturated heterocycles. The molecule has 0 fully saturated rings. The van der Waals surface area contributed by atoms with Crippen LogP contribution in [0.1, 0.15) is 47.0 Å². The largest absolute Gasteiger partial charge is 0.379 e. The quantitative estimate of drug-likeness (QED) is 0.332. The summed E-state index contributed by atoms with van der Waals surface area (Å²) in [5, 5.41) is 2.85. The van der Waals surface area contributed by atoms with E-state index in [9.17, 15) is 14.4 Å². The van der Waals surface area contributed by atoms with Crippen LogP contribution in [-0.4, -0.2) is 63.2 Å². The summed E-state index contributed by atoms with van der Waals surface area (Å²) < 4.78 is 16.8. The van der Waals surface area contributed by atoms with E-state index in [1.807, 2.05) is 20.8 Å². The van der Waals surface area contributed by atoms with Gasteiger partial charge in [-0.1, -0.05) is 20.8 Å². The molecule has 7 nitrogen and oxygen atoms in total. The minimum absolute atomic E-state index is 0.0248. The van der Waals surface area contributed by atoms with Crippen molar-refractivity contribution in [2.24, 2.45) is 5.92 Å². The number of carbonyl (C=O) groups excluding carboxylic acids is 3. The molecule has 1 atom stereocenters. The van der Waals surface area contributed by atoms with Crippen LogP contribution in [-0.2, 0) is 28.6 Å². The number of ether oxygens (including phenoxy) is 3.